The first kappa shape index (κ1) is 14.0. The summed E-state index contributed by atoms with van der Waals surface area (Å²) in [5, 5.41) is 8.79. The molecule has 0 radical (unpaired) electrons. The summed E-state index contributed by atoms with van der Waals surface area (Å²) in [5.41, 5.74) is 0.983. The molecule has 0 spiro atoms. The molecule has 104 valence electrons. The Morgan fingerprint density at radius 2 is 2.16 bits per heavy atom. The van der Waals surface area contributed by atoms with E-state index in [-0.39, 0.29) is 24.2 Å². The molecule has 0 aromatic heterocycles. The number of rotatable bonds is 4. The Bertz CT molecular complexity index is 442. The van der Waals surface area contributed by atoms with Crippen molar-refractivity contribution in [3.05, 3.63) is 35.6 Å². The van der Waals surface area contributed by atoms with Crippen LogP contribution in [0.5, 0.6) is 0 Å². The molecule has 4 heteroatoms. The SMILES string of the molecule is CC(c1cccc(F)c1)N1CCC(CC(=O)O)CC1. The van der Waals surface area contributed by atoms with Crippen molar-refractivity contribution < 1.29 is 14.3 Å². The first-order chi connectivity index (χ1) is 9.06. The molecule has 1 unspecified atom stereocenters. The molecule has 1 fully saturated rings. The van der Waals surface area contributed by atoms with Crippen molar-refractivity contribution in [1.82, 2.24) is 4.90 Å². The van der Waals surface area contributed by atoms with Crippen molar-refractivity contribution in [1.29, 1.82) is 0 Å². The predicted molar refractivity (Wildman–Crippen MR) is 71.4 cm³/mol. The number of likely N-dealkylation sites (tertiary alicyclic amines) is 1. The van der Waals surface area contributed by atoms with Crippen molar-refractivity contribution in [2.75, 3.05) is 13.1 Å². The summed E-state index contributed by atoms with van der Waals surface area (Å²) in [5.74, 6) is -0.629. The number of carboxylic acids is 1. The molecule has 1 aliphatic heterocycles. The van der Waals surface area contributed by atoms with Crippen LogP contribution in [0.15, 0.2) is 24.3 Å². The number of aliphatic carboxylic acids is 1. The molecule has 1 aromatic rings. The molecule has 1 aromatic carbocycles. The fraction of sp³-hybridized carbons (Fsp3) is 0.533. The Morgan fingerprint density at radius 3 is 2.74 bits per heavy atom. The van der Waals surface area contributed by atoms with Crippen molar-refractivity contribution in [3.63, 3.8) is 0 Å². The molecule has 0 amide bonds. The zero-order chi connectivity index (χ0) is 13.8. The van der Waals surface area contributed by atoms with Crippen LogP contribution in [-0.4, -0.2) is 29.1 Å². The van der Waals surface area contributed by atoms with Crippen LogP contribution >= 0.6 is 0 Å². The molecule has 3 nitrogen and oxygen atoms in total. The Morgan fingerprint density at radius 1 is 1.47 bits per heavy atom. The van der Waals surface area contributed by atoms with Crippen LogP contribution in [-0.2, 0) is 4.79 Å². The van der Waals surface area contributed by atoms with E-state index in [1.807, 2.05) is 6.07 Å². The van der Waals surface area contributed by atoms with E-state index in [2.05, 4.69) is 11.8 Å². The van der Waals surface area contributed by atoms with E-state index in [0.29, 0.717) is 0 Å². The third-order valence-corrected chi connectivity index (χ3v) is 3.99. The molecule has 2 rings (SSSR count). The number of nitrogens with zero attached hydrogens (tertiary/aromatic N) is 1. The van der Waals surface area contributed by atoms with Gasteiger partial charge in [-0.3, -0.25) is 9.69 Å². The van der Waals surface area contributed by atoms with Crippen molar-refractivity contribution in [2.45, 2.75) is 32.2 Å². The number of carboxylic acid groups (broad SMARTS) is 1. The minimum Gasteiger partial charge on any atom is -0.481 e. The molecular formula is C15H20FNO2. The lowest BCUT2D eigenvalue weighted by atomic mass is 9.92. The molecule has 1 N–H and O–H groups in total. The Hall–Kier alpha value is -1.42. The lowest BCUT2D eigenvalue weighted by Crippen LogP contribution is -2.36. The summed E-state index contributed by atoms with van der Waals surface area (Å²) in [6.45, 7) is 3.84. The highest BCUT2D eigenvalue weighted by Gasteiger charge is 2.24. The van der Waals surface area contributed by atoms with Gasteiger partial charge in [0.05, 0.1) is 0 Å². The maximum absolute atomic E-state index is 13.2. The van der Waals surface area contributed by atoms with Gasteiger partial charge in [-0.2, -0.15) is 0 Å². The molecule has 19 heavy (non-hydrogen) atoms. The number of piperidine rings is 1. The van der Waals surface area contributed by atoms with Gasteiger partial charge in [0.25, 0.3) is 0 Å². The number of hydrogen-bond donors (Lipinski definition) is 1. The fourth-order valence-electron chi connectivity index (χ4n) is 2.77. The van der Waals surface area contributed by atoms with Gasteiger partial charge < -0.3 is 5.11 Å². The second-order valence-electron chi connectivity index (χ2n) is 5.31. The summed E-state index contributed by atoms with van der Waals surface area (Å²) < 4.78 is 13.2. The van der Waals surface area contributed by atoms with Crippen LogP contribution < -0.4 is 0 Å². The Labute approximate surface area is 113 Å². The number of halogens is 1. The Kier molecular flexibility index (Phi) is 4.53. The molecule has 0 saturated carbocycles. The monoisotopic (exact) mass is 265 g/mol. The van der Waals surface area contributed by atoms with E-state index in [9.17, 15) is 9.18 Å². The molecule has 1 saturated heterocycles. The van der Waals surface area contributed by atoms with E-state index >= 15 is 0 Å². The lowest BCUT2D eigenvalue weighted by molar-refractivity contribution is -0.138. The highest BCUT2D eigenvalue weighted by molar-refractivity contribution is 5.67. The van der Waals surface area contributed by atoms with Gasteiger partial charge >= 0.3 is 5.97 Å². The average molecular weight is 265 g/mol. The number of carbonyl (C=O) groups is 1. The maximum Gasteiger partial charge on any atom is 0.303 e. The van der Waals surface area contributed by atoms with Crippen molar-refractivity contribution in [3.8, 4) is 0 Å². The van der Waals surface area contributed by atoms with Gasteiger partial charge in [-0.1, -0.05) is 12.1 Å². The first-order valence-corrected chi connectivity index (χ1v) is 6.77. The van der Waals surface area contributed by atoms with Gasteiger partial charge in [0.1, 0.15) is 5.82 Å². The fourth-order valence-corrected chi connectivity index (χ4v) is 2.77. The predicted octanol–water partition coefficient (Wildman–Crippen LogP) is 3.07. The Balaban J connectivity index is 1.92. The normalized spacial score (nSPS) is 19.3. The van der Waals surface area contributed by atoms with Crippen LogP contribution in [0.1, 0.15) is 37.8 Å². The van der Waals surface area contributed by atoms with Crippen LogP contribution in [0.4, 0.5) is 4.39 Å². The third-order valence-electron chi connectivity index (χ3n) is 3.99. The van der Waals surface area contributed by atoms with Crippen LogP contribution in [0, 0.1) is 11.7 Å². The van der Waals surface area contributed by atoms with Gasteiger partial charge in [-0.15, -0.1) is 0 Å². The minimum atomic E-state index is -0.711. The summed E-state index contributed by atoms with van der Waals surface area (Å²) in [7, 11) is 0. The molecular weight excluding hydrogens is 245 g/mol. The summed E-state index contributed by atoms with van der Waals surface area (Å²) in [4.78, 5) is 13.0. The quantitative estimate of drug-likeness (QED) is 0.909. The minimum absolute atomic E-state index is 0.182. The van der Waals surface area contributed by atoms with Crippen LogP contribution in [0.2, 0.25) is 0 Å². The lowest BCUT2D eigenvalue weighted by Gasteiger charge is -2.35. The van der Waals surface area contributed by atoms with Crippen molar-refractivity contribution in [2.24, 2.45) is 5.92 Å². The van der Waals surface area contributed by atoms with E-state index in [4.69, 9.17) is 5.11 Å². The summed E-state index contributed by atoms with van der Waals surface area (Å²) in [6.07, 6.45) is 2.08. The standard InChI is InChI=1S/C15H20FNO2/c1-11(13-3-2-4-14(16)10-13)17-7-5-12(6-8-17)9-15(18)19/h2-4,10-12H,5-9H2,1H3,(H,18,19). The maximum atomic E-state index is 13.2. The zero-order valence-corrected chi connectivity index (χ0v) is 11.2. The largest absolute Gasteiger partial charge is 0.481 e. The summed E-state index contributed by atoms with van der Waals surface area (Å²) >= 11 is 0. The van der Waals surface area contributed by atoms with Gasteiger partial charge in [-0.05, 0) is 56.5 Å². The zero-order valence-electron chi connectivity index (χ0n) is 11.2. The topological polar surface area (TPSA) is 40.5 Å². The molecule has 1 heterocycles. The smallest absolute Gasteiger partial charge is 0.303 e. The van der Waals surface area contributed by atoms with E-state index in [1.54, 1.807) is 12.1 Å². The molecule has 0 aliphatic carbocycles. The van der Waals surface area contributed by atoms with Crippen LogP contribution in [0.25, 0.3) is 0 Å². The van der Waals surface area contributed by atoms with Gasteiger partial charge in [-0.25, -0.2) is 4.39 Å². The second-order valence-corrected chi connectivity index (χ2v) is 5.31. The van der Waals surface area contributed by atoms with Gasteiger partial charge in [0.2, 0.25) is 0 Å². The third kappa shape index (κ3) is 3.77. The second kappa shape index (κ2) is 6.15. The average Bonchev–Trinajstić information content (AvgIpc) is 2.38. The molecule has 1 atom stereocenters. The van der Waals surface area contributed by atoms with E-state index in [0.717, 1.165) is 31.5 Å². The number of benzene rings is 1. The first-order valence-electron chi connectivity index (χ1n) is 6.77. The highest BCUT2D eigenvalue weighted by Crippen LogP contribution is 2.28. The van der Waals surface area contributed by atoms with Crippen molar-refractivity contribution >= 4 is 5.97 Å². The summed E-state index contributed by atoms with van der Waals surface area (Å²) in [6, 6.07) is 6.89. The molecule has 1 aliphatic rings. The van der Waals surface area contributed by atoms with Gasteiger partial charge in [0.15, 0.2) is 0 Å². The van der Waals surface area contributed by atoms with E-state index < -0.39 is 5.97 Å². The highest BCUT2D eigenvalue weighted by atomic mass is 19.1. The molecule has 0 bridgehead atoms. The van der Waals surface area contributed by atoms with E-state index in [1.165, 1.54) is 6.07 Å². The van der Waals surface area contributed by atoms with Crippen LogP contribution in [0.3, 0.4) is 0 Å². The van der Waals surface area contributed by atoms with Gasteiger partial charge in [0, 0.05) is 12.5 Å². The number of hydrogen-bond acceptors (Lipinski definition) is 2.